The van der Waals surface area contributed by atoms with Crippen LogP contribution in [0.25, 0.3) is 0 Å². The fourth-order valence-electron chi connectivity index (χ4n) is 1.99. The third-order valence-corrected chi connectivity index (χ3v) is 3.34. The van der Waals surface area contributed by atoms with Crippen molar-refractivity contribution in [2.24, 2.45) is 0 Å². The van der Waals surface area contributed by atoms with Crippen molar-refractivity contribution in [3.05, 3.63) is 59.4 Å². The highest BCUT2D eigenvalue weighted by atomic mass is 19.1. The lowest BCUT2D eigenvalue weighted by Crippen LogP contribution is -2.26. The quantitative estimate of drug-likeness (QED) is 0.714. The lowest BCUT2D eigenvalue weighted by atomic mass is 10.2. The number of aliphatic hydroxyl groups is 1. The van der Waals surface area contributed by atoms with E-state index in [0.29, 0.717) is 22.6 Å². The number of hydrogen-bond donors (Lipinski definition) is 3. The standard InChI is InChI=1S/C18H19FN2O4/c1-12-2-5-14(10-16(12)19)21-17(23)11-25-15-6-3-13(4-7-15)18(24)20-8-9-22/h2-7,10,22H,8-9,11H2,1H3,(H,20,24)(H,21,23). The van der Waals surface area contributed by atoms with Crippen LogP contribution in [0.15, 0.2) is 42.5 Å². The average molecular weight is 346 g/mol. The molecule has 0 saturated carbocycles. The number of hydrogen-bond acceptors (Lipinski definition) is 4. The highest BCUT2D eigenvalue weighted by molar-refractivity contribution is 5.94. The number of aryl methyl sites for hydroxylation is 1. The Kier molecular flexibility index (Phi) is 6.47. The summed E-state index contributed by atoms with van der Waals surface area (Å²) in [6.45, 7) is 1.44. The summed E-state index contributed by atoms with van der Waals surface area (Å²) in [4.78, 5) is 23.5. The topological polar surface area (TPSA) is 87.7 Å². The van der Waals surface area contributed by atoms with Crippen molar-refractivity contribution in [2.75, 3.05) is 25.1 Å². The van der Waals surface area contributed by atoms with E-state index >= 15 is 0 Å². The molecule has 0 aromatic heterocycles. The molecule has 0 aliphatic heterocycles. The van der Waals surface area contributed by atoms with E-state index in [4.69, 9.17) is 9.84 Å². The van der Waals surface area contributed by atoms with Crippen molar-refractivity contribution in [3.63, 3.8) is 0 Å². The molecule has 0 spiro atoms. The number of anilines is 1. The van der Waals surface area contributed by atoms with Gasteiger partial charge in [0.25, 0.3) is 11.8 Å². The third-order valence-electron chi connectivity index (χ3n) is 3.34. The minimum absolute atomic E-state index is 0.132. The lowest BCUT2D eigenvalue weighted by molar-refractivity contribution is -0.118. The summed E-state index contributed by atoms with van der Waals surface area (Å²) in [5.41, 5.74) is 1.27. The molecule has 6 nitrogen and oxygen atoms in total. The zero-order chi connectivity index (χ0) is 18.2. The minimum atomic E-state index is -0.423. The molecule has 0 saturated heterocycles. The van der Waals surface area contributed by atoms with Gasteiger partial charge in [-0.3, -0.25) is 9.59 Å². The van der Waals surface area contributed by atoms with Crippen molar-refractivity contribution in [2.45, 2.75) is 6.92 Å². The molecule has 2 aromatic carbocycles. The number of benzene rings is 2. The van der Waals surface area contributed by atoms with Gasteiger partial charge in [0.15, 0.2) is 6.61 Å². The summed E-state index contributed by atoms with van der Waals surface area (Å²) in [6, 6.07) is 10.7. The maximum atomic E-state index is 13.4. The monoisotopic (exact) mass is 346 g/mol. The first-order chi connectivity index (χ1) is 12.0. The van der Waals surface area contributed by atoms with E-state index in [1.807, 2.05) is 0 Å². The van der Waals surface area contributed by atoms with Crippen molar-refractivity contribution in [1.29, 1.82) is 0 Å². The lowest BCUT2D eigenvalue weighted by Gasteiger charge is -2.09. The molecule has 132 valence electrons. The predicted molar refractivity (Wildman–Crippen MR) is 91.1 cm³/mol. The maximum Gasteiger partial charge on any atom is 0.262 e. The Labute approximate surface area is 144 Å². The Morgan fingerprint density at radius 1 is 1.16 bits per heavy atom. The minimum Gasteiger partial charge on any atom is -0.484 e. The molecular weight excluding hydrogens is 327 g/mol. The summed E-state index contributed by atoms with van der Waals surface area (Å²) in [6.07, 6.45) is 0. The van der Waals surface area contributed by atoms with Crippen LogP contribution in [-0.2, 0) is 4.79 Å². The van der Waals surface area contributed by atoms with E-state index in [1.54, 1.807) is 43.3 Å². The molecule has 2 aromatic rings. The summed E-state index contributed by atoms with van der Waals surface area (Å²) in [7, 11) is 0. The van der Waals surface area contributed by atoms with E-state index in [9.17, 15) is 14.0 Å². The van der Waals surface area contributed by atoms with Crippen molar-refractivity contribution < 1.29 is 23.8 Å². The second kappa shape index (κ2) is 8.79. The maximum absolute atomic E-state index is 13.4. The van der Waals surface area contributed by atoms with Crippen LogP contribution in [0.5, 0.6) is 5.75 Å². The Morgan fingerprint density at radius 3 is 2.52 bits per heavy atom. The number of nitrogens with one attached hydrogen (secondary N) is 2. The van der Waals surface area contributed by atoms with Crippen molar-refractivity contribution in [3.8, 4) is 5.75 Å². The molecule has 0 unspecified atom stereocenters. The first kappa shape index (κ1) is 18.4. The Hall–Kier alpha value is -2.93. The van der Waals surface area contributed by atoms with Gasteiger partial charge < -0.3 is 20.5 Å². The Bertz CT molecular complexity index is 747. The van der Waals surface area contributed by atoms with Gasteiger partial charge in [-0.15, -0.1) is 0 Å². The Balaban J connectivity index is 1.85. The van der Waals surface area contributed by atoms with Crippen LogP contribution in [0.4, 0.5) is 10.1 Å². The van der Waals surface area contributed by atoms with Crippen LogP contribution in [0.2, 0.25) is 0 Å². The van der Waals surface area contributed by atoms with E-state index in [0.717, 1.165) is 0 Å². The van der Waals surface area contributed by atoms with Crippen LogP contribution in [0.1, 0.15) is 15.9 Å². The van der Waals surface area contributed by atoms with Gasteiger partial charge in [0, 0.05) is 17.8 Å². The number of aliphatic hydroxyl groups excluding tert-OH is 1. The molecule has 0 aliphatic carbocycles. The molecule has 0 fully saturated rings. The van der Waals surface area contributed by atoms with Crippen molar-refractivity contribution in [1.82, 2.24) is 5.32 Å². The molecule has 25 heavy (non-hydrogen) atoms. The number of ether oxygens (including phenoxy) is 1. The molecule has 0 radical (unpaired) electrons. The Morgan fingerprint density at radius 2 is 1.88 bits per heavy atom. The van der Waals surface area contributed by atoms with Crippen molar-refractivity contribution >= 4 is 17.5 Å². The molecule has 0 atom stereocenters. The number of halogens is 1. The van der Waals surface area contributed by atoms with Gasteiger partial charge in [-0.2, -0.15) is 0 Å². The largest absolute Gasteiger partial charge is 0.484 e. The smallest absolute Gasteiger partial charge is 0.262 e. The molecule has 0 bridgehead atoms. The molecule has 0 aliphatic rings. The van der Waals surface area contributed by atoms with E-state index in [1.165, 1.54) is 6.07 Å². The molecule has 2 rings (SSSR count). The summed E-state index contributed by atoms with van der Waals surface area (Å²) in [5.74, 6) is -0.703. The third kappa shape index (κ3) is 5.58. The van der Waals surface area contributed by atoms with E-state index in [-0.39, 0.29) is 25.7 Å². The number of amides is 2. The number of rotatable bonds is 7. The summed E-state index contributed by atoms with van der Waals surface area (Å²) >= 11 is 0. The fourth-order valence-corrected chi connectivity index (χ4v) is 1.99. The zero-order valence-corrected chi connectivity index (χ0v) is 13.7. The number of carbonyl (C=O) groups excluding carboxylic acids is 2. The van der Waals surface area contributed by atoms with Crippen LogP contribution in [0, 0.1) is 12.7 Å². The highest BCUT2D eigenvalue weighted by Crippen LogP contribution is 2.14. The summed E-state index contributed by atoms with van der Waals surface area (Å²) < 4.78 is 18.8. The molecular formula is C18H19FN2O4. The van der Waals surface area contributed by atoms with Gasteiger partial charge in [-0.05, 0) is 48.9 Å². The van der Waals surface area contributed by atoms with Gasteiger partial charge >= 0.3 is 0 Å². The van der Waals surface area contributed by atoms with E-state index < -0.39 is 11.7 Å². The van der Waals surface area contributed by atoms with Crippen LogP contribution in [-0.4, -0.2) is 36.7 Å². The van der Waals surface area contributed by atoms with Gasteiger partial charge in [-0.1, -0.05) is 6.07 Å². The zero-order valence-electron chi connectivity index (χ0n) is 13.7. The second-order valence-corrected chi connectivity index (χ2v) is 5.30. The van der Waals surface area contributed by atoms with Crippen LogP contribution >= 0.6 is 0 Å². The van der Waals surface area contributed by atoms with Gasteiger partial charge in [0.2, 0.25) is 0 Å². The predicted octanol–water partition coefficient (Wildman–Crippen LogP) is 1.87. The van der Waals surface area contributed by atoms with E-state index in [2.05, 4.69) is 10.6 Å². The second-order valence-electron chi connectivity index (χ2n) is 5.30. The van der Waals surface area contributed by atoms with Crippen LogP contribution in [0.3, 0.4) is 0 Å². The molecule has 3 N–H and O–H groups in total. The van der Waals surface area contributed by atoms with Gasteiger partial charge in [-0.25, -0.2) is 4.39 Å². The molecule has 2 amide bonds. The molecule has 7 heteroatoms. The molecule has 0 heterocycles. The highest BCUT2D eigenvalue weighted by Gasteiger charge is 2.07. The van der Waals surface area contributed by atoms with Gasteiger partial charge in [0.05, 0.1) is 6.61 Å². The normalized spacial score (nSPS) is 10.2. The van der Waals surface area contributed by atoms with Crippen LogP contribution < -0.4 is 15.4 Å². The first-order valence-electron chi connectivity index (χ1n) is 7.67. The van der Waals surface area contributed by atoms with Gasteiger partial charge in [0.1, 0.15) is 11.6 Å². The SMILES string of the molecule is Cc1ccc(NC(=O)COc2ccc(C(=O)NCCO)cc2)cc1F. The number of carbonyl (C=O) groups is 2. The summed E-state index contributed by atoms with van der Waals surface area (Å²) in [5, 5.41) is 13.7. The first-order valence-corrected chi connectivity index (χ1v) is 7.67. The average Bonchev–Trinajstić information content (AvgIpc) is 2.61. The fraction of sp³-hybridized carbons (Fsp3) is 0.222.